The van der Waals surface area contributed by atoms with E-state index < -0.39 is 0 Å². The van der Waals surface area contributed by atoms with Crippen molar-refractivity contribution in [3.8, 4) is 0 Å². The number of aromatic nitrogens is 2. The van der Waals surface area contributed by atoms with Crippen molar-refractivity contribution < 1.29 is 5.11 Å². The Labute approximate surface area is 98.6 Å². The van der Waals surface area contributed by atoms with Crippen LogP contribution in [-0.2, 0) is 0 Å². The smallest absolute Gasteiger partial charge is 0.0781 e. The molecular weight excluding hydrogens is 256 g/mol. The number of hydrogen-bond donors (Lipinski definition) is 1. The fourth-order valence-corrected chi connectivity index (χ4v) is 2.60. The summed E-state index contributed by atoms with van der Waals surface area (Å²) >= 11 is 3.52. The maximum atomic E-state index is 9.97. The number of hydrogen-bond acceptors (Lipinski definition) is 2. The molecule has 2 atom stereocenters. The predicted molar refractivity (Wildman–Crippen MR) is 62.9 cm³/mol. The van der Waals surface area contributed by atoms with Crippen molar-refractivity contribution in [3.05, 3.63) is 15.9 Å². The predicted octanol–water partition coefficient (Wildman–Crippen LogP) is 2.74. The Morgan fingerprint density at radius 1 is 1.33 bits per heavy atom. The first kappa shape index (κ1) is 11.1. The van der Waals surface area contributed by atoms with Gasteiger partial charge in [0.1, 0.15) is 0 Å². The lowest BCUT2D eigenvalue weighted by molar-refractivity contribution is 0.0682. The highest BCUT2D eigenvalue weighted by molar-refractivity contribution is 9.10. The average molecular weight is 273 g/mol. The molecule has 4 heteroatoms. The van der Waals surface area contributed by atoms with Crippen LogP contribution in [0.15, 0.2) is 4.47 Å². The molecule has 2 unspecified atom stereocenters. The van der Waals surface area contributed by atoms with Gasteiger partial charge in [-0.3, -0.25) is 4.68 Å². The van der Waals surface area contributed by atoms with Gasteiger partial charge in [0.05, 0.1) is 28.0 Å². The Balaban J connectivity index is 2.31. The lowest BCUT2D eigenvalue weighted by Crippen LogP contribution is -2.29. The average Bonchev–Trinajstić information content (AvgIpc) is 2.47. The third-order valence-corrected chi connectivity index (χ3v) is 4.39. The lowest BCUT2D eigenvalue weighted by Gasteiger charge is -2.28. The highest BCUT2D eigenvalue weighted by atomic mass is 79.9. The molecule has 1 aliphatic carbocycles. The fraction of sp³-hybridized carbons (Fsp3) is 0.727. The van der Waals surface area contributed by atoms with E-state index in [-0.39, 0.29) is 12.1 Å². The fourth-order valence-electron chi connectivity index (χ4n) is 2.34. The zero-order valence-corrected chi connectivity index (χ0v) is 10.8. The summed E-state index contributed by atoms with van der Waals surface area (Å²) in [6.07, 6.45) is 4.04. The zero-order valence-electron chi connectivity index (χ0n) is 9.20. The van der Waals surface area contributed by atoms with E-state index in [1.54, 1.807) is 0 Å². The van der Waals surface area contributed by atoms with Crippen molar-refractivity contribution >= 4 is 15.9 Å². The largest absolute Gasteiger partial charge is 0.391 e. The minimum atomic E-state index is -0.233. The molecule has 0 bridgehead atoms. The van der Waals surface area contributed by atoms with E-state index in [2.05, 4.69) is 21.0 Å². The van der Waals surface area contributed by atoms with Crippen LogP contribution >= 0.6 is 15.9 Å². The van der Waals surface area contributed by atoms with Crippen LogP contribution in [-0.4, -0.2) is 21.0 Å². The van der Waals surface area contributed by atoms with Crippen LogP contribution in [0.25, 0.3) is 0 Å². The Bertz CT molecular complexity index is 362. The maximum absolute atomic E-state index is 9.97. The molecule has 0 amide bonds. The van der Waals surface area contributed by atoms with Crippen LogP contribution < -0.4 is 0 Å². The van der Waals surface area contributed by atoms with Gasteiger partial charge in [-0.1, -0.05) is 12.8 Å². The van der Waals surface area contributed by atoms with Crippen LogP contribution in [0.2, 0.25) is 0 Å². The minimum Gasteiger partial charge on any atom is -0.391 e. The number of rotatable bonds is 1. The summed E-state index contributed by atoms with van der Waals surface area (Å²) in [6, 6.07) is 0.170. The van der Waals surface area contributed by atoms with Gasteiger partial charge in [0.15, 0.2) is 0 Å². The first-order chi connectivity index (χ1) is 7.11. The summed E-state index contributed by atoms with van der Waals surface area (Å²) in [7, 11) is 0. The van der Waals surface area contributed by atoms with Gasteiger partial charge in [-0.05, 0) is 42.6 Å². The standard InChI is InChI=1S/C11H17BrN2O/c1-7-11(12)8(2)14(13-7)9-5-3-4-6-10(9)15/h9-10,15H,3-6H2,1-2H3. The molecule has 3 nitrogen and oxygen atoms in total. The molecule has 0 spiro atoms. The monoisotopic (exact) mass is 272 g/mol. The van der Waals surface area contributed by atoms with Crippen LogP contribution in [0, 0.1) is 13.8 Å². The number of halogens is 1. The molecule has 1 heterocycles. The van der Waals surface area contributed by atoms with Gasteiger partial charge in [-0.15, -0.1) is 0 Å². The van der Waals surface area contributed by atoms with Crippen molar-refractivity contribution in [3.63, 3.8) is 0 Å². The molecule has 84 valence electrons. The summed E-state index contributed by atoms with van der Waals surface area (Å²) in [5, 5.41) is 14.5. The molecular formula is C11H17BrN2O. The number of aliphatic hydroxyl groups is 1. The highest BCUT2D eigenvalue weighted by Gasteiger charge is 2.27. The van der Waals surface area contributed by atoms with Crippen LogP contribution in [0.1, 0.15) is 43.1 Å². The minimum absolute atomic E-state index is 0.170. The summed E-state index contributed by atoms with van der Waals surface area (Å²) in [6.45, 7) is 4.04. The van der Waals surface area contributed by atoms with Crippen LogP contribution in [0.5, 0.6) is 0 Å². The van der Waals surface area contributed by atoms with E-state index in [1.807, 2.05) is 18.5 Å². The molecule has 1 saturated carbocycles. The summed E-state index contributed by atoms with van der Waals surface area (Å²) in [5.41, 5.74) is 2.13. The molecule has 0 aromatic carbocycles. The number of aliphatic hydroxyl groups excluding tert-OH is 1. The van der Waals surface area contributed by atoms with Gasteiger partial charge < -0.3 is 5.11 Å². The molecule has 1 N–H and O–H groups in total. The van der Waals surface area contributed by atoms with Gasteiger partial charge >= 0.3 is 0 Å². The Kier molecular flexibility index (Phi) is 3.16. The summed E-state index contributed by atoms with van der Waals surface area (Å²) < 4.78 is 3.06. The van der Waals surface area contributed by atoms with Gasteiger partial charge in [-0.25, -0.2) is 0 Å². The number of nitrogens with zero attached hydrogens (tertiary/aromatic N) is 2. The van der Waals surface area contributed by atoms with E-state index in [0.29, 0.717) is 0 Å². The molecule has 1 aromatic heterocycles. The van der Waals surface area contributed by atoms with Crippen molar-refractivity contribution in [1.29, 1.82) is 0 Å². The Hall–Kier alpha value is -0.350. The Morgan fingerprint density at radius 3 is 2.53 bits per heavy atom. The van der Waals surface area contributed by atoms with E-state index in [1.165, 1.54) is 6.42 Å². The third-order valence-electron chi connectivity index (χ3n) is 3.24. The SMILES string of the molecule is Cc1nn(C2CCCCC2O)c(C)c1Br. The van der Waals surface area contributed by atoms with E-state index in [0.717, 1.165) is 35.1 Å². The zero-order chi connectivity index (χ0) is 11.0. The van der Waals surface area contributed by atoms with Gasteiger partial charge in [-0.2, -0.15) is 5.10 Å². The summed E-state index contributed by atoms with van der Waals surface area (Å²) in [5.74, 6) is 0. The topological polar surface area (TPSA) is 38.0 Å². The molecule has 1 aromatic rings. The van der Waals surface area contributed by atoms with Crippen molar-refractivity contribution in [2.45, 2.75) is 51.7 Å². The maximum Gasteiger partial charge on any atom is 0.0781 e. The van der Waals surface area contributed by atoms with Crippen LogP contribution in [0.3, 0.4) is 0 Å². The molecule has 15 heavy (non-hydrogen) atoms. The second-order valence-electron chi connectivity index (χ2n) is 4.35. The summed E-state index contributed by atoms with van der Waals surface area (Å²) in [4.78, 5) is 0. The second kappa shape index (κ2) is 4.26. The lowest BCUT2D eigenvalue weighted by atomic mass is 9.92. The van der Waals surface area contributed by atoms with Crippen molar-refractivity contribution in [1.82, 2.24) is 9.78 Å². The third kappa shape index (κ3) is 1.97. The highest BCUT2D eigenvalue weighted by Crippen LogP contribution is 2.31. The Morgan fingerprint density at radius 2 is 2.00 bits per heavy atom. The van der Waals surface area contributed by atoms with Gasteiger partial charge in [0.2, 0.25) is 0 Å². The first-order valence-corrected chi connectivity index (χ1v) is 6.30. The van der Waals surface area contributed by atoms with Gasteiger partial charge in [0.25, 0.3) is 0 Å². The molecule has 2 rings (SSSR count). The normalized spacial score (nSPS) is 26.9. The number of aryl methyl sites for hydroxylation is 1. The molecule has 1 fully saturated rings. The van der Waals surface area contributed by atoms with E-state index >= 15 is 0 Å². The molecule has 0 aliphatic heterocycles. The quantitative estimate of drug-likeness (QED) is 0.854. The second-order valence-corrected chi connectivity index (χ2v) is 5.14. The van der Waals surface area contributed by atoms with Crippen LogP contribution in [0.4, 0.5) is 0 Å². The van der Waals surface area contributed by atoms with Crippen molar-refractivity contribution in [2.24, 2.45) is 0 Å². The first-order valence-electron chi connectivity index (χ1n) is 5.50. The molecule has 0 saturated heterocycles. The molecule has 0 radical (unpaired) electrons. The molecule has 1 aliphatic rings. The van der Waals surface area contributed by atoms with E-state index in [9.17, 15) is 5.11 Å². The van der Waals surface area contributed by atoms with Gasteiger partial charge in [0, 0.05) is 0 Å². The van der Waals surface area contributed by atoms with Crippen molar-refractivity contribution in [2.75, 3.05) is 0 Å². The van der Waals surface area contributed by atoms with E-state index in [4.69, 9.17) is 0 Å².